The molecule has 108 valence electrons. The van der Waals surface area contributed by atoms with E-state index in [9.17, 15) is 5.11 Å². The molecule has 4 atom stereocenters. The third-order valence-electron chi connectivity index (χ3n) is 3.97. The number of nitrogens with zero attached hydrogens (tertiary/aromatic N) is 1. The van der Waals surface area contributed by atoms with Gasteiger partial charge >= 0.3 is 0 Å². The van der Waals surface area contributed by atoms with E-state index in [2.05, 4.69) is 4.90 Å². The van der Waals surface area contributed by atoms with Crippen molar-refractivity contribution in [1.82, 2.24) is 4.90 Å². The normalized spacial score (nSPS) is 34.2. The Hall–Kier alpha value is -1.14. The molecular weight excluding hydrogens is 258 g/mol. The summed E-state index contributed by atoms with van der Waals surface area (Å²) < 4.78 is 16.5. The van der Waals surface area contributed by atoms with Gasteiger partial charge in [0.05, 0.1) is 25.4 Å². The smallest absolute Gasteiger partial charge is 0.138 e. The van der Waals surface area contributed by atoms with E-state index in [1.165, 1.54) is 5.56 Å². The maximum atomic E-state index is 9.29. The van der Waals surface area contributed by atoms with Crippen LogP contribution in [0.3, 0.4) is 0 Å². The van der Waals surface area contributed by atoms with Crippen molar-refractivity contribution in [3.63, 3.8) is 0 Å². The van der Waals surface area contributed by atoms with E-state index in [-0.39, 0.29) is 12.3 Å². The van der Waals surface area contributed by atoms with Crippen LogP contribution in [-0.4, -0.2) is 60.8 Å². The summed E-state index contributed by atoms with van der Waals surface area (Å²) in [5, 5.41) is 9.29. The van der Waals surface area contributed by atoms with Crippen LogP contribution >= 0.6 is 0 Å². The number of aromatic hydroxyl groups is 1. The first-order valence-electron chi connectivity index (χ1n) is 7.18. The zero-order valence-corrected chi connectivity index (χ0v) is 11.3. The molecule has 1 N–H and O–H groups in total. The lowest BCUT2D eigenvalue weighted by molar-refractivity contribution is 0.149. The fraction of sp³-hybridized carbons (Fsp3) is 0.600. The maximum Gasteiger partial charge on any atom is 0.138 e. The van der Waals surface area contributed by atoms with Crippen LogP contribution < -0.4 is 0 Å². The number of hydrogen-bond donors (Lipinski definition) is 1. The first-order chi connectivity index (χ1) is 9.78. The lowest BCUT2D eigenvalue weighted by Crippen LogP contribution is -2.35. The fourth-order valence-corrected chi connectivity index (χ4v) is 2.62. The van der Waals surface area contributed by atoms with Crippen LogP contribution in [-0.2, 0) is 20.6 Å². The van der Waals surface area contributed by atoms with Gasteiger partial charge in [-0.3, -0.25) is 4.90 Å². The predicted octanol–water partition coefficient (Wildman–Crippen LogP) is 0.759. The average molecular weight is 277 g/mol. The van der Waals surface area contributed by atoms with Crippen LogP contribution in [0.1, 0.15) is 5.56 Å². The first kappa shape index (κ1) is 12.6. The minimum Gasteiger partial charge on any atom is -0.508 e. The monoisotopic (exact) mass is 277 g/mol. The van der Waals surface area contributed by atoms with Gasteiger partial charge in [0, 0.05) is 19.5 Å². The number of phenols is 1. The van der Waals surface area contributed by atoms with Gasteiger partial charge in [-0.1, -0.05) is 12.1 Å². The summed E-state index contributed by atoms with van der Waals surface area (Å²) in [7, 11) is 0. The molecule has 0 spiro atoms. The zero-order valence-electron chi connectivity index (χ0n) is 11.3. The van der Waals surface area contributed by atoms with Crippen molar-refractivity contribution >= 4 is 0 Å². The van der Waals surface area contributed by atoms with E-state index >= 15 is 0 Å². The van der Waals surface area contributed by atoms with Crippen LogP contribution in [0.2, 0.25) is 0 Å². The van der Waals surface area contributed by atoms with E-state index in [0.717, 1.165) is 32.7 Å². The molecule has 4 unspecified atom stereocenters. The molecule has 3 aliphatic rings. The second kappa shape index (κ2) is 5.00. The summed E-state index contributed by atoms with van der Waals surface area (Å²) >= 11 is 0. The van der Waals surface area contributed by atoms with E-state index in [0.29, 0.717) is 18.0 Å². The van der Waals surface area contributed by atoms with Gasteiger partial charge in [0.1, 0.15) is 18.1 Å². The van der Waals surface area contributed by atoms with Gasteiger partial charge in [-0.05, 0) is 17.7 Å². The van der Waals surface area contributed by atoms with Crippen molar-refractivity contribution in [3.8, 4) is 5.75 Å². The number of epoxide rings is 3. The molecule has 4 rings (SSSR count). The van der Waals surface area contributed by atoms with Crippen molar-refractivity contribution in [2.24, 2.45) is 0 Å². The second-order valence-corrected chi connectivity index (χ2v) is 5.80. The Bertz CT molecular complexity index is 455. The third-order valence-corrected chi connectivity index (χ3v) is 3.97. The highest BCUT2D eigenvalue weighted by Gasteiger charge is 2.46. The van der Waals surface area contributed by atoms with Gasteiger partial charge < -0.3 is 19.3 Å². The van der Waals surface area contributed by atoms with Crippen molar-refractivity contribution in [2.45, 2.75) is 31.0 Å². The molecule has 3 heterocycles. The van der Waals surface area contributed by atoms with Gasteiger partial charge in [-0.15, -0.1) is 0 Å². The summed E-state index contributed by atoms with van der Waals surface area (Å²) in [6.07, 6.45) is 2.09. The van der Waals surface area contributed by atoms with Crippen molar-refractivity contribution < 1.29 is 19.3 Å². The van der Waals surface area contributed by atoms with E-state index in [4.69, 9.17) is 14.2 Å². The summed E-state index contributed by atoms with van der Waals surface area (Å²) in [6, 6.07) is 7.35. The molecule has 20 heavy (non-hydrogen) atoms. The summed E-state index contributed by atoms with van der Waals surface area (Å²) in [5.74, 6) is 0.306. The highest BCUT2D eigenvalue weighted by atomic mass is 16.6. The van der Waals surface area contributed by atoms with Crippen LogP contribution in [0.25, 0.3) is 0 Å². The summed E-state index contributed by atoms with van der Waals surface area (Å²) in [4.78, 5) is 2.35. The second-order valence-electron chi connectivity index (χ2n) is 5.80. The first-order valence-corrected chi connectivity index (χ1v) is 7.18. The minimum absolute atomic E-state index is 0.192. The molecule has 3 aliphatic heterocycles. The molecule has 0 aromatic heterocycles. The topological polar surface area (TPSA) is 61.1 Å². The van der Waals surface area contributed by atoms with E-state index in [1.54, 1.807) is 12.1 Å². The third kappa shape index (κ3) is 3.12. The molecule has 1 aromatic rings. The molecule has 5 heteroatoms. The number of benzene rings is 1. The highest BCUT2D eigenvalue weighted by molar-refractivity contribution is 5.26. The number of phenolic OH excluding ortho intramolecular Hbond substituents is 1. The molecule has 1 aromatic carbocycles. The molecule has 0 saturated carbocycles. The van der Waals surface area contributed by atoms with Gasteiger partial charge in [0.15, 0.2) is 0 Å². The van der Waals surface area contributed by atoms with Crippen molar-refractivity contribution in [1.29, 1.82) is 0 Å². The van der Waals surface area contributed by atoms with Crippen LogP contribution in [0.5, 0.6) is 5.75 Å². The van der Waals surface area contributed by atoms with Gasteiger partial charge in [0.25, 0.3) is 0 Å². The van der Waals surface area contributed by atoms with Gasteiger partial charge in [0.2, 0.25) is 0 Å². The standard InChI is InChI=1S/C15H19NO4/c17-11-3-1-10(2-4-11)5-14-15(20-14)16(6-12-8-18-12)7-13-9-19-13/h1-4,12-15,17H,5-9H2. The van der Waals surface area contributed by atoms with Crippen LogP contribution in [0.15, 0.2) is 24.3 Å². The Labute approximate surface area is 118 Å². The van der Waals surface area contributed by atoms with Crippen LogP contribution in [0, 0.1) is 0 Å². The molecular formula is C15H19NO4. The van der Waals surface area contributed by atoms with Crippen molar-refractivity contribution in [3.05, 3.63) is 29.8 Å². The van der Waals surface area contributed by atoms with Crippen molar-refractivity contribution in [2.75, 3.05) is 26.3 Å². The predicted molar refractivity (Wildman–Crippen MR) is 71.5 cm³/mol. The Kier molecular flexibility index (Phi) is 3.15. The van der Waals surface area contributed by atoms with Gasteiger partial charge in [-0.25, -0.2) is 0 Å². The maximum absolute atomic E-state index is 9.29. The Morgan fingerprint density at radius 2 is 1.65 bits per heavy atom. The largest absolute Gasteiger partial charge is 0.508 e. The van der Waals surface area contributed by atoms with E-state index < -0.39 is 0 Å². The SMILES string of the molecule is Oc1ccc(CC2OC2N(CC2CO2)CC2CO2)cc1. The molecule has 0 amide bonds. The lowest BCUT2D eigenvalue weighted by atomic mass is 10.1. The quantitative estimate of drug-likeness (QED) is 0.746. The zero-order chi connectivity index (χ0) is 13.5. The Morgan fingerprint density at radius 3 is 2.20 bits per heavy atom. The molecule has 3 saturated heterocycles. The minimum atomic E-state index is 0.192. The summed E-state index contributed by atoms with van der Waals surface area (Å²) in [5.41, 5.74) is 1.19. The summed E-state index contributed by atoms with van der Waals surface area (Å²) in [6.45, 7) is 3.63. The lowest BCUT2D eigenvalue weighted by Gasteiger charge is -2.17. The average Bonchev–Trinajstić information content (AvgIpc) is 3.27. The van der Waals surface area contributed by atoms with E-state index in [1.807, 2.05) is 12.1 Å². The molecule has 3 fully saturated rings. The molecule has 5 nitrogen and oxygen atoms in total. The van der Waals surface area contributed by atoms with Gasteiger partial charge in [-0.2, -0.15) is 0 Å². The Balaban J connectivity index is 1.33. The molecule has 0 radical (unpaired) electrons. The number of ether oxygens (including phenoxy) is 3. The molecule has 0 bridgehead atoms. The highest BCUT2D eigenvalue weighted by Crippen LogP contribution is 2.32. The molecule has 0 aliphatic carbocycles. The van der Waals surface area contributed by atoms with Crippen LogP contribution in [0.4, 0.5) is 0 Å². The Morgan fingerprint density at radius 1 is 1.05 bits per heavy atom. The number of rotatable bonds is 7. The number of hydrogen-bond acceptors (Lipinski definition) is 5. The fourth-order valence-electron chi connectivity index (χ4n) is 2.62.